The fourth-order valence-electron chi connectivity index (χ4n) is 7.29. The standard InChI is InChI=1S/C45H27N3O2/c46-28-29-21-23-32(24-22-29)34-16-9-17-36-35-15-7-8-19-39(35)47(43(34)36)41-20-10-18-37-42(41)45(50)48(44(37)49)40-26-25-33(30-11-3-1-4-12-30)27-38(40)31-13-5-2-6-14-31/h1-27H. The molecule has 0 unspecified atom stereocenters. The predicted octanol–water partition coefficient (Wildman–Crippen LogP) is 10.5. The largest absolute Gasteiger partial charge is 0.308 e. The minimum absolute atomic E-state index is 0.357. The molecule has 0 saturated heterocycles. The van der Waals surface area contributed by atoms with Crippen molar-refractivity contribution < 1.29 is 9.59 Å². The molecular formula is C45H27N3O2. The molecule has 5 nitrogen and oxygen atoms in total. The fourth-order valence-corrected chi connectivity index (χ4v) is 7.29. The quantitative estimate of drug-likeness (QED) is 0.176. The van der Waals surface area contributed by atoms with Gasteiger partial charge in [0.05, 0.1) is 45.2 Å². The lowest BCUT2D eigenvalue weighted by atomic mass is 9.97. The summed E-state index contributed by atoms with van der Waals surface area (Å²) in [5, 5.41) is 11.5. The van der Waals surface area contributed by atoms with E-state index in [0.29, 0.717) is 28.1 Å². The smallest absolute Gasteiger partial charge is 0.268 e. The summed E-state index contributed by atoms with van der Waals surface area (Å²) < 4.78 is 2.11. The summed E-state index contributed by atoms with van der Waals surface area (Å²) in [7, 11) is 0. The Morgan fingerprint density at radius 3 is 1.84 bits per heavy atom. The summed E-state index contributed by atoms with van der Waals surface area (Å²) in [5.74, 6) is -0.725. The number of hydrogen-bond acceptors (Lipinski definition) is 3. The average molecular weight is 642 g/mol. The molecule has 2 amide bonds. The maximum Gasteiger partial charge on any atom is 0.268 e. The summed E-state index contributed by atoms with van der Waals surface area (Å²) >= 11 is 0. The SMILES string of the molecule is N#Cc1ccc(-c2cccc3c4ccccc4n(-c4cccc5c4C(=O)N(c4ccc(-c6ccccc6)cc4-c4ccccc4)C5=O)c23)cc1. The minimum atomic E-state index is -0.368. The second kappa shape index (κ2) is 11.6. The summed E-state index contributed by atoms with van der Waals surface area (Å²) in [5.41, 5.74) is 9.96. The molecule has 0 saturated carbocycles. The molecule has 1 aliphatic heterocycles. The van der Waals surface area contributed by atoms with Gasteiger partial charge >= 0.3 is 0 Å². The average Bonchev–Trinajstić information content (AvgIpc) is 3.66. The number of aromatic nitrogens is 1. The molecule has 1 aromatic heterocycles. The van der Waals surface area contributed by atoms with Gasteiger partial charge in [-0.05, 0) is 64.7 Å². The Bertz CT molecular complexity index is 2690. The second-order valence-electron chi connectivity index (χ2n) is 12.4. The number of fused-ring (bicyclic) bond motifs is 4. The number of nitriles is 1. The van der Waals surface area contributed by atoms with Crippen molar-refractivity contribution >= 4 is 39.3 Å². The number of nitrogens with zero attached hydrogens (tertiary/aromatic N) is 3. The highest BCUT2D eigenvalue weighted by Crippen LogP contribution is 2.43. The molecule has 0 bridgehead atoms. The van der Waals surface area contributed by atoms with Crippen molar-refractivity contribution in [3.05, 3.63) is 180 Å². The van der Waals surface area contributed by atoms with Gasteiger partial charge < -0.3 is 4.57 Å². The van der Waals surface area contributed by atoms with Crippen molar-refractivity contribution in [1.82, 2.24) is 4.57 Å². The van der Waals surface area contributed by atoms with Gasteiger partial charge in [-0.1, -0.05) is 121 Å². The lowest BCUT2D eigenvalue weighted by Gasteiger charge is -2.20. The number of rotatable bonds is 5. The highest BCUT2D eigenvalue weighted by Gasteiger charge is 2.40. The molecule has 50 heavy (non-hydrogen) atoms. The topological polar surface area (TPSA) is 66.1 Å². The van der Waals surface area contributed by atoms with Crippen molar-refractivity contribution in [2.45, 2.75) is 0 Å². The third-order valence-electron chi connectivity index (χ3n) is 9.58. The number of imide groups is 1. The van der Waals surface area contributed by atoms with Crippen LogP contribution in [0.15, 0.2) is 164 Å². The molecule has 234 valence electrons. The normalized spacial score (nSPS) is 12.4. The zero-order chi connectivity index (χ0) is 33.8. The van der Waals surface area contributed by atoms with Crippen LogP contribution >= 0.6 is 0 Å². The highest BCUT2D eigenvalue weighted by molar-refractivity contribution is 6.36. The van der Waals surface area contributed by atoms with E-state index in [1.165, 1.54) is 4.90 Å². The molecule has 0 N–H and O–H groups in total. The number of para-hydroxylation sites is 2. The molecule has 7 aromatic carbocycles. The van der Waals surface area contributed by atoms with Crippen LogP contribution in [0.2, 0.25) is 0 Å². The van der Waals surface area contributed by atoms with E-state index in [4.69, 9.17) is 0 Å². The van der Waals surface area contributed by atoms with Crippen LogP contribution in [0.25, 0.3) is 60.9 Å². The van der Waals surface area contributed by atoms with E-state index in [9.17, 15) is 14.9 Å². The Kier molecular flexibility index (Phi) is 6.75. The summed E-state index contributed by atoms with van der Waals surface area (Å²) in [6, 6.07) is 55.4. The lowest BCUT2D eigenvalue weighted by molar-refractivity contribution is 0.0926. The van der Waals surface area contributed by atoms with Crippen LogP contribution in [-0.2, 0) is 0 Å². The van der Waals surface area contributed by atoms with E-state index < -0.39 is 0 Å². The van der Waals surface area contributed by atoms with Crippen molar-refractivity contribution in [3.63, 3.8) is 0 Å². The van der Waals surface area contributed by atoms with Gasteiger partial charge in [-0.25, -0.2) is 4.90 Å². The molecule has 0 radical (unpaired) electrons. The minimum Gasteiger partial charge on any atom is -0.308 e. The van der Waals surface area contributed by atoms with Crippen molar-refractivity contribution in [1.29, 1.82) is 5.26 Å². The number of benzene rings is 7. The summed E-state index contributed by atoms with van der Waals surface area (Å²) in [6.45, 7) is 0. The van der Waals surface area contributed by atoms with Gasteiger partial charge in [-0.3, -0.25) is 9.59 Å². The molecular weight excluding hydrogens is 615 g/mol. The third kappa shape index (κ3) is 4.47. The number of anilines is 1. The monoisotopic (exact) mass is 641 g/mol. The van der Waals surface area contributed by atoms with Gasteiger partial charge in [0.25, 0.3) is 11.8 Å². The highest BCUT2D eigenvalue weighted by atomic mass is 16.2. The maximum absolute atomic E-state index is 14.8. The van der Waals surface area contributed by atoms with E-state index in [0.717, 1.165) is 55.2 Å². The van der Waals surface area contributed by atoms with Gasteiger partial charge in [0, 0.05) is 21.9 Å². The molecule has 0 fully saturated rings. The van der Waals surface area contributed by atoms with E-state index in [1.54, 1.807) is 6.07 Å². The molecule has 0 aliphatic carbocycles. The summed E-state index contributed by atoms with van der Waals surface area (Å²) in [6.07, 6.45) is 0. The molecule has 5 heteroatoms. The molecule has 1 aliphatic rings. The van der Waals surface area contributed by atoms with Crippen LogP contribution in [0, 0.1) is 11.3 Å². The van der Waals surface area contributed by atoms with E-state index in [-0.39, 0.29) is 11.8 Å². The first-order chi connectivity index (χ1) is 24.6. The van der Waals surface area contributed by atoms with Crippen molar-refractivity contribution in [2.24, 2.45) is 0 Å². The van der Waals surface area contributed by atoms with Crippen LogP contribution in [-0.4, -0.2) is 16.4 Å². The molecule has 0 spiro atoms. The second-order valence-corrected chi connectivity index (χ2v) is 12.4. The van der Waals surface area contributed by atoms with Gasteiger partial charge in [0.1, 0.15) is 0 Å². The maximum atomic E-state index is 14.8. The summed E-state index contributed by atoms with van der Waals surface area (Å²) in [4.78, 5) is 30.6. The zero-order valence-corrected chi connectivity index (χ0v) is 26.7. The first-order valence-corrected chi connectivity index (χ1v) is 16.4. The van der Waals surface area contributed by atoms with Crippen LogP contribution in [0.4, 0.5) is 5.69 Å². The Hall–Kier alpha value is -7.03. The number of amides is 2. The van der Waals surface area contributed by atoms with Gasteiger partial charge in [0.15, 0.2) is 0 Å². The van der Waals surface area contributed by atoms with Crippen LogP contribution in [0.5, 0.6) is 0 Å². The molecule has 9 rings (SSSR count). The first kappa shape index (κ1) is 29.1. The molecule has 2 heterocycles. The number of carbonyl (C=O) groups is 2. The third-order valence-corrected chi connectivity index (χ3v) is 9.58. The van der Waals surface area contributed by atoms with Gasteiger partial charge in [0.2, 0.25) is 0 Å². The number of hydrogen-bond donors (Lipinski definition) is 0. The Morgan fingerprint density at radius 2 is 1.08 bits per heavy atom. The Balaban J connectivity index is 1.26. The van der Waals surface area contributed by atoms with E-state index in [1.807, 2.05) is 121 Å². The Morgan fingerprint density at radius 1 is 0.460 bits per heavy atom. The van der Waals surface area contributed by atoms with Crippen LogP contribution in [0.3, 0.4) is 0 Å². The lowest BCUT2D eigenvalue weighted by Crippen LogP contribution is -2.30. The molecule has 8 aromatic rings. The first-order valence-electron chi connectivity index (χ1n) is 16.4. The molecule has 0 atom stereocenters. The van der Waals surface area contributed by atoms with Gasteiger partial charge in [-0.2, -0.15) is 5.26 Å². The fraction of sp³-hybridized carbons (Fsp3) is 0. The van der Waals surface area contributed by atoms with Crippen LogP contribution < -0.4 is 4.90 Å². The van der Waals surface area contributed by atoms with E-state index >= 15 is 0 Å². The van der Waals surface area contributed by atoms with Crippen molar-refractivity contribution in [3.8, 4) is 45.1 Å². The van der Waals surface area contributed by atoms with Gasteiger partial charge in [-0.15, -0.1) is 0 Å². The zero-order valence-electron chi connectivity index (χ0n) is 26.7. The predicted molar refractivity (Wildman–Crippen MR) is 199 cm³/mol. The van der Waals surface area contributed by atoms with Crippen molar-refractivity contribution in [2.75, 3.05) is 4.90 Å². The van der Waals surface area contributed by atoms with Crippen LogP contribution in [0.1, 0.15) is 26.3 Å². The van der Waals surface area contributed by atoms with E-state index in [2.05, 4.69) is 47.0 Å². The Labute approximate surface area is 288 Å². The number of carbonyl (C=O) groups excluding carboxylic acids is 2.